The third-order valence-corrected chi connectivity index (χ3v) is 2.43. The number of hydrogen-bond donors (Lipinski definition) is 1. The van der Waals surface area contributed by atoms with E-state index in [1.807, 2.05) is 0 Å². The van der Waals surface area contributed by atoms with Gasteiger partial charge in [0.05, 0.1) is 0 Å². The smallest absolute Gasteiger partial charge is 0.00771 e. The molecule has 1 rings (SSSR count). The Morgan fingerprint density at radius 2 is 2.36 bits per heavy atom. The summed E-state index contributed by atoms with van der Waals surface area (Å²) < 4.78 is 0. The van der Waals surface area contributed by atoms with Crippen molar-refractivity contribution >= 4 is 0 Å². The normalized spacial score (nSPS) is 30.7. The number of allylic oxidation sites excluding steroid dienone is 2. The maximum Gasteiger partial charge on any atom is -0.00771 e. The molecule has 1 aliphatic rings. The lowest BCUT2D eigenvalue weighted by Gasteiger charge is -2.21. The van der Waals surface area contributed by atoms with Crippen LogP contribution < -0.4 is 5.73 Å². The molecule has 0 saturated heterocycles. The van der Waals surface area contributed by atoms with E-state index in [4.69, 9.17) is 5.73 Å². The van der Waals surface area contributed by atoms with Crippen molar-refractivity contribution < 1.29 is 0 Å². The van der Waals surface area contributed by atoms with Crippen LogP contribution in [-0.4, -0.2) is 6.54 Å². The molecule has 11 heavy (non-hydrogen) atoms. The van der Waals surface area contributed by atoms with Crippen LogP contribution >= 0.6 is 0 Å². The molecule has 0 bridgehead atoms. The summed E-state index contributed by atoms with van der Waals surface area (Å²) in [6.45, 7) is 3.18. The Hall–Kier alpha value is -0.300. The van der Waals surface area contributed by atoms with Crippen LogP contribution in [0.4, 0.5) is 0 Å². The maximum atomic E-state index is 5.46. The van der Waals surface area contributed by atoms with Gasteiger partial charge in [-0.1, -0.05) is 19.1 Å². The number of nitrogens with two attached hydrogens (primary N) is 1. The van der Waals surface area contributed by atoms with Gasteiger partial charge in [0, 0.05) is 0 Å². The lowest BCUT2D eigenvalue weighted by Crippen LogP contribution is -2.10. The van der Waals surface area contributed by atoms with Crippen molar-refractivity contribution in [3.05, 3.63) is 12.2 Å². The lowest BCUT2D eigenvalue weighted by molar-refractivity contribution is 0.403. The average molecular weight is 153 g/mol. The molecule has 0 aromatic heterocycles. The molecule has 0 amide bonds. The fraction of sp³-hybridized carbons (Fsp3) is 0.800. The van der Waals surface area contributed by atoms with E-state index in [-0.39, 0.29) is 0 Å². The largest absolute Gasteiger partial charge is 0.330 e. The molecule has 1 heteroatoms. The standard InChI is InChI=1S/C10H19N/c1-9-4-2-5-10(8-9)6-3-7-11/h2,5,9-10H,3-4,6-8,11H2,1H3. The zero-order chi connectivity index (χ0) is 8.10. The molecule has 0 saturated carbocycles. The Morgan fingerprint density at radius 1 is 1.55 bits per heavy atom. The zero-order valence-corrected chi connectivity index (χ0v) is 7.42. The van der Waals surface area contributed by atoms with Crippen molar-refractivity contribution in [2.75, 3.05) is 6.54 Å². The number of hydrogen-bond acceptors (Lipinski definition) is 1. The van der Waals surface area contributed by atoms with Crippen LogP contribution in [0.5, 0.6) is 0 Å². The van der Waals surface area contributed by atoms with Gasteiger partial charge in [0.1, 0.15) is 0 Å². The average Bonchev–Trinajstić information content (AvgIpc) is 2.01. The van der Waals surface area contributed by atoms with Gasteiger partial charge in [-0.3, -0.25) is 0 Å². The van der Waals surface area contributed by atoms with Crippen LogP contribution in [0.25, 0.3) is 0 Å². The summed E-state index contributed by atoms with van der Waals surface area (Å²) in [6.07, 6.45) is 9.82. The van der Waals surface area contributed by atoms with E-state index in [1.165, 1.54) is 25.7 Å². The number of rotatable bonds is 3. The van der Waals surface area contributed by atoms with E-state index in [9.17, 15) is 0 Å². The van der Waals surface area contributed by atoms with E-state index >= 15 is 0 Å². The van der Waals surface area contributed by atoms with Crippen molar-refractivity contribution in [1.29, 1.82) is 0 Å². The first kappa shape index (κ1) is 8.79. The molecule has 0 aliphatic heterocycles. The Balaban J connectivity index is 2.23. The van der Waals surface area contributed by atoms with Crippen LogP contribution in [0, 0.1) is 11.8 Å². The minimum absolute atomic E-state index is 0.822. The van der Waals surface area contributed by atoms with Crippen LogP contribution in [-0.2, 0) is 0 Å². The van der Waals surface area contributed by atoms with Gasteiger partial charge in [-0.25, -0.2) is 0 Å². The van der Waals surface area contributed by atoms with E-state index < -0.39 is 0 Å². The summed E-state index contributed by atoms with van der Waals surface area (Å²) in [6, 6.07) is 0. The van der Waals surface area contributed by atoms with Crippen molar-refractivity contribution in [2.24, 2.45) is 17.6 Å². The highest BCUT2D eigenvalue weighted by molar-refractivity contribution is 4.94. The first-order valence-electron chi connectivity index (χ1n) is 4.69. The van der Waals surface area contributed by atoms with E-state index in [2.05, 4.69) is 19.1 Å². The fourth-order valence-corrected chi connectivity index (χ4v) is 1.79. The Labute approximate surface area is 69.7 Å². The molecule has 2 atom stereocenters. The van der Waals surface area contributed by atoms with E-state index in [1.54, 1.807) is 0 Å². The first-order chi connectivity index (χ1) is 5.33. The highest BCUT2D eigenvalue weighted by Crippen LogP contribution is 2.25. The molecule has 1 nitrogen and oxygen atoms in total. The predicted octanol–water partition coefficient (Wildman–Crippen LogP) is 2.33. The molecule has 2 N–H and O–H groups in total. The van der Waals surface area contributed by atoms with E-state index in [0.717, 1.165) is 18.4 Å². The molecule has 0 heterocycles. The Kier molecular flexibility index (Phi) is 3.64. The molecule has 0 aromatic carbocycles. The summed E-state index contributed by atoms with van der Waals surface area (Å²) in [5, 5.41) is 0. The lowest BCUT2D eigenvalue weighted by atomic mass is 9.85. The minimum atomic E-state index is 0.822. The van der Waals surface area contributed by atoms with E-state index in [0.29, 0.717) is 0 Å². The molecular weight excluding hydrogens is 134 g/mol. The fourth-order valence-electron chi connectivity index (χ4n) is 1.79. The highest BCUT2D eigenvalue weighted by atomic mass is 14.5. The van der Waals surface area contributed by atoms with Gasteiger partial charge < -0.3 is 5.73 Å². The Morgan fingerprint density at radius 3 is 3.00 bits per heavy atom. The topological polar surface area (TPSA) is 26.0 Å². The predicted molar refractivity (Wildman–Crippen MR) is 49.3 cm³/mol. The summed E-state index contributed by atoms with van der Waals surface area (Å²) in [7, 11) is 0. The van der Waals surface area contributed by atoms with Crippen LogP contribution in [0.3, 0.4) is 0 Å². The van der Waals surface area contributed by atoms with Crippen LogP contribution in [0.1, 0.15) is 32.6 Å². The van der Waals surface area contributed by atoms with Gasteiger partial charge in [-0.15, -0.1) is 0 Å². The summed E-state index contributed by atoms with van der Waals surface area (Å²) in [4.78, 5) is 0. The van der Waals surface area contributed by atoms with Crippen molar-refractivity contribution in [1.82, 2.24) is 0 Å². The quantitative estimate of drug-likeness (QED) is 0.619. The van der Waals surface area contributed by atoms with Crippen LogP contribution in [0.15, 0.2) is 12.2 Å². The molecular formula is C10H19N. The molecule has 0 radical (unpaired) electrons. The van der Waals surface area contributed by atoms with Crippen molar-refractivity contribution in [2.45, 2.75) is 32.6 Å². The molecule has 1 aliphatic carbocycles. The monoisotopic (exact) mass is 153 g/mol. The minimum Gasteiger partial charge on any atom is -0.330 e. The Bertz CT molecular complexity index is 129. The van der Waals surface area contributed by atoms with Crippen molar-refractivity contribution in [3.63, 3.8) is 0 Å². The van der Waals surface area contributed by atoms with Gasteiger partial charge in [-0.05, 0) is 44.1 Å². The second kappa shape index (κ2) is 4.55. The summed E-state index contributed by atoms with van der Waals surface area (Å²) in [5.41, 5.74) is 5.46. The third kappa shape index (κ3) is 3.06. The molecule has 2 unspecified atom stereocenters. The zero-order valence-electron chi connectivity index (χ0n) is 7.42. The third-order valence-electron chi connectivity index (χ3n) is 2.43. The highest BCUT2D eigenvalue weighted by Gasteiger charge is 2.12. The van der Waals surface area contributed by atoms with Gasteiger partial charge in [0.15, 0.2) is 0 Å². The van der Waals surface area contributed by atoms with Gasteiger partial charge >= 0.3 is 0 Å². The summed E-state index contributed by atoms with van der Waals surface area (Å²) >= 11 is 0. The second-order valence-corrected chi connectivity index (χ2v) is 3.70. The summed E-state index contributed by atoms with van der Waals surface area (Å²) in [5.74, 6) is 1.71. The van der Waals surface area contributed by atoms with Gasteiger partial charge in [0.2, 0.25) is 0 Å². The van der Waals surface area contributed by atoms with Crippen molar-refractivity contribution in [3.8, 4) is 0 Å². The molecule has 0 aromatic rings. The molecule has 0 spiro atoms. The molecule has 64 valence electrons. The molecule has 0 fully saturated rings. The maximum absolute atomic E-state index is 5.46. The SMILES string of the molecule is CC1CC=CC(CCCN)C1. The van der Waals surface area contributed by atoms with Gasteiger partial charge in [-0.2, -0.15) is 0 Å². The first-order valence-corrected chi connectivity index (χ1v) is 4.69. The van der Waals surface area contributed by atoms with Gasteiger partial charge in [0.25, 0.3) is 0 Å². The van der Waals surface area contributed by atoms with Crippen LogP contribution in [0.2, 0.25) is 0 Å². The second-order valence-electron chi connectivity index (χ2n) is 3.70.